The van der Waals surface area contributed by atoms with Gasteiger partial charge in [-0.05, 0) is 48.0 Å². The number of hydrogen-bond donors (Lipinski definition) is 1. The van der Waals surface area contributed by atoms with Gasteiger partial charge in [-0.15, -0.1) is 11.3 Å². The number of benzene rings is 1. The molecule has 0 radical (unpaired) electrons. The van der Waals surface area contributed by atoms with Crippen molar-refractivity contribution in [1.82, 2.24) is 14.5 Å². The maximum atomic E-state index is 12.4. The van der Waals surface area contributed by atoms with Crippen molar-refractivity contribution >= 4 is 28.8 Å². The van der Waals surface area contributed by atoms with E-state index < -0.39 is 0 Å². The first kappa shape index (κ1) is 19.9. The van der Waals surface area contributed by atoms with Crippen LogP contribution in [0.4, 0.5) is 0 Å². The molecule has 3 aromatic heterocycles. The van der Waals surface area contributed by atoms with E-state index in [9.17, 15) is 14.4 Å². The van der Waals surface area contributed by atoms with Crippen LogP contribution < -0.4 is 16.4 Å². The minimum absolute atomic E-state index is 0.132. The van der Waals surface area contributed by atoms with Crippen LogP contribution in [0.15, 0.2) is 88.7 Å². The Labute approximate surface area is 180 Å². The fraction of sp³-hybridized carbons (Fsp3) is 0.0455. The first-order chi connectivity index (χ1) is 14.5. The van der Waals surface area contributed by atoms with Crippen LogP contribution in [0.5, 0.6) is 0 Å². The summed E-state index contributed by atoms with van der Waals surface area (Å²) in [5.41, 5.74) is 1.81. The van der Waals surface area contributed by atoms with Crippen LogP contribution in [-0.4, -0.2) is 15.0 Å². The molecule has 0 atom stereocenters. The fourth-order valence-corrected chi connectivity index (χ4v) is 3.92. The summed E-state index contributed by atoms with van der Waals surface area (Å²) in [7, 11) is 0. The van der Waals surface area contributed by atoms with E-state index in [1.54, 1.807) is 67.0 Å². The predicted molar refractivity (Wildman–Crippen MR) is 118 cm³/mol. The largest absolute Gasteiger partial charge is 0.347 e. The van der Waals surface area contributed by atoms with Gasteiger partial charge in [0.25, 0.3) is 17.0 Å². The van der Waals surface area contributed by atoms with Crippen molar-refractivity contribution in [2.75, 3.05) is 0 Å². The van der Waals surface area contributed by atoms with Crippen LogP contribution >= 0.6 is 22.9 Å². The molecule has 0 unspecified atom stereocenters. The van der Waals surface area contributed by atoms with E-state index in [4.69, 9.17) is 11.6 Å². The third kappa shape index (κ3) is 4.27. The Hall–Kier alpha value is -3.42. The van der Waals surface area contributed by atoms with Gasteiger partial charge in [0.1, 0.15) is 0 Å². The molecule has 0 aliphatic heterocycles. The van der Waals surface area contributed by atoms with E-state index in [0.717, 1.165) is 5.56 Å². The van der Waals surface area contributed by atoms with Gasteiger partial charge in [0.05, 0.1) is 9.21 Å². The van der Waals surface area contributed by atoms with Crippen LogP contribution in [0.25, 0.3) is 11.4 Å². The number of rotatable bonds is 5. The highest BCUT2D eigenvalue weighted by Gasteiger charge is 2.09. The summed E-state index contributed by atoms with van der Waals surface area (Å²) in [6, 6.07) is 18.5. The zero-order valence-electron chi connectivity index (χ0n) is 15.6. The Morgan fingerprint density at radius 2 is 1.57 bits per heavy atom. The lowest BCUT2D eigenvalue weighted by molar-refractivity contribution is 0.0955. The molecule has 0 bridgehead atoms. The maximum absolute atomic E-state index is 12.4. The lowest BCUT2D eigenvalue weighted by Gasteiger charge is -2.11. The Morgan fingerprint density at radius 3 is 2.23 bits per heavy atom. The topological polar surface area (TPSA) is 73.1 Å². The summed E-state index contributed by atoms with van der Waals surface area (Å²) in [5, 5.41) is 2.82. The van der Waals surface area contributed by atoms with E-state index >= 15 is 0 Å². The number of halogens is 1. The van der Waals surface area contributed by atoms with Gasteiger partial charge in [-0.2, -0.15) is 0 Å². The molecule has 150 valence electrons. The predicted octanol–water partition coefficient (Wildman–Crippen LogP) is 3.63. The molecule has 0 saturated heterocycles. The quantitative estimate of drug-likeness (QED) is 0.518. The van der Waals surface area contributed by atoms with Crippen molar-refractivity contribution < 1.29 is 4.79 Å². The molecule has 3 heterocycles. The SMILES string of the molecule is O=C(NCc1ccc(=O)n(-c2ccc(-n3ccccc3=O)cc2)c1)c1ccc(Cl)s1. The summed E-state index contributed by atoms with van der Waals surface area (Å²) in [6.45, 7) is 0.270. The lowest BCUT2D eigenvalue weighted by Crippen LogP contribution is -2.24. The second-order valence-electron chi connectivity index (χ2n) is 6.46. The Morgan fingerprint density at radius 1 is 0.867 bits per heavy atom. The molecule has 30 heavy (non-hydrogen) atoms. The molecule has 0 saturated carbocycles. The van der Waals surface area contributed by atoms with E-state index in [1.807, 2.05) is 0 Å². The molecule has 8 heteroatoms. The number of carbonyl (C=O) groups is 1. The molecule has 0 aliphatic rings. The smallest absolute Gasteiger partial charge is 0.261 e. The Balaban J connectivity index is 1.54. The van der Waals surface area contributed by atoms with E-state index in [1.165, 1.54) is 32.6 Å². The average molecular weight is 438 g/mol. The average Bonchev–Trinajstić information content (AvgIpc) is 3.20. The highest BCUT2D eigenvalue weighted by atomic mass is 35.5. The van der Waals surface area contributed by atoms with Crippen molar-refractivity contribution in [1.29, 1.82) is 0 Å². The molecule has 1 N–H and O–H groups in total. The van der Waals surface area contributed by atoms with Crippen molar-refractivity contribution in [3.63, 3.8) is 0 Å². The highest BCUT2D eigenvalue weighted by molar-refractivity contribution is 7.17. The number of nitrogens with one attached hydrogen (secondary N) is 1. The molecule has 0 fully saturated rings. The van der Waals surface area contributed by atoms with E-state index in [0.29, 0.717) is 20.6 Å². The molecule has 4 aromatic rings. The number of thiophene rings is 1. The second kappa shape index (κ2) is 8.52. The molecule has 6 nitrogen and oxygen atoms in total. The van der Waals surface area contributed by atoms with E-state index in [2.05, 4.69) is 5.32 Å². The van der Waals surface area contributed by atoms with Crippen LogP contribution in [-0.2, 0) is 6.54 Å². The molecule has 1 amide bonds. The molecular weight excluding hydrogens is 422 g/mol. The van der Waals surface area contributed by atoms with Crippen LogP contribution in [0.3, 0.4) is 0 Å². The zero-order valence-corrected chi connectivity index (χ0v) is 17.2. The van der Waals surface area contributed by atoms with Gasteiger partial charge in [0.15, 0.2) is 0 Å². The van der Waals surface area contributed by atoms with Gasteiger partial charge >= 0.3 is 0 Å². The third-order valence-electron chi connectivity index (χ3n) is 4.45. The minimum atomic E-state index is -0.220. The van der Waals surface area contributed by atoms with Crippen molar-refractivity contribution in [2.24, 2.45) is 0 Å². The summed E-state index contributed by atoms with van der Waals surface area (Å²) in [5.74, 6) is -0.220. The fourth-order valence-electron chi connectivity index (χ4n) is 2.96. The molecule has 4 rings (SSSR count). The Bertz CT molecular complexity index is 1320. The molecule has 0 spiro atoms. The summed E-state index contributed by atoms with van der Waals surface area (Å²) >= 11 is 7.08. The number of hydrogen-bond acceptors (Lipinski definition) is 4. The zero-order chi connectivity index (χ0) is 21.1. The van der Waals surface area contributed by atoms with Gasteiger partial charge in [-0.25, -0.2) is 0 Å². The number of pyridine rings is 2. The summed E-state index contributed by atoms with van der Waals surface area (Å²) in [6.07, 6.45) is 3.38. The van der Waals surface area contributed by atoms with Crippen molar-refractivity contribution in [2.45, 2.75) is 6.54 Å². The minimum Gasteiger partial charge on any atom is -0.347 e. The normalized spacial score (nSPS) is 10.7. The Kier molecular flexibility index (Phi) is 5.65. The first-order valence-corrected chi connectivity index (χ1v) is 10.2. The summed E-state index contributed by atoms with van der Waals surface area (Å²) < 4.78 is 3.58. The first-order valence-electron chi connectivity index (χ1n) is 9.05. The highest BCUT2D eigenvalue weighted by Crippen LogP contribution is 2.21. The van der Waals surface area contributed by atoms with Crippen molar-refractivity contribution in [3.8, 4) is 11.4 Å². The number of aromatic nitrogens is 2. The van der Waals surface area contributed by atoms with Crippen molar-refractivity contribution in [3.05, 3.63) is 115 Å². The molecule has 0 aliphatic carbocycles. The number of nitrogens with zero attached hydrogens (tertiary/aromatic N) is 2. The van der Waals surface area contributed by atoms with Gasteiger partial charge in [0, 0.05) is 42.4 Å². The van der Waals surface area contributed by atoms with Crippen LogP contribution in [0.2, 0.25) is 4.34 Å². The molecule has 1 aromatic carbocycles. The number of carbonyl (C=O) groups excluding carboxylic acids is 1. The third-order valence-corrected chi connectivity index (χ3v) is 5.68. The van der Waals surface area contributed by atoms with E-state index in [-0.39, 0.29) is 23.6 Å². The lowest BCUT2D eigenvalue weighted by atomic mass is 10.2. The standard InChI is InChI=1S/C22H16ClN3O3S/c23-19-10-9-18(30-19)22(29)24-13-15-4-11-21(28)26(14-15)17-7-5-16(6-8-17)25-12-2-1-3-20(25)27/h1-12,14H,13H2,(H,24,29). The monoisotopic (exact) mass is 437 g/mol. The maximum Gasteiger partial charge on any atom is 0.261 e. The van der Waals surface area contributed by atoms with Gasteiger partial charge in [-0.3, -0.25) is 23.5 Å². The number of amides is 1. The van der Waals surface area contributed by atoms with Gasteiger partial charge in [0.2, 0.25) is 0 Å². The molecular formula is C22H16ClN3O3S. The van der Waals surface area contributed by atoms with Crippen LogP contribution in [0, 0.1) is 0 Å². The van der Waals surface area contributed by atoms with Crippen LogP contribution in [0.1, 0.15) is 15.2 Å². The van der Waals surface area contributed by atoms with Gasteiger partial charge in [-0.1, -0.05) is 23.7 Å². The summed E-state index contributed by atoms with van der Waals surface area (Å²) in [4.78, 5) is 37.0. The second-order valence-corrected chi connectivity index (χ2v) is 8.17. The van der Waals surface area contributed by atoms with Gasteiger partial charge < -0.3 is 5.32 Å².